The van der Waals surface area contributed by atoms with E-state index in [0.717, 1.165) is 24.5 Å². The van der Waals surface area contributed by atoms with Crippen LogP contribution in [0, 0.1) is 5.41 Å². The Bertz CT molecular complexity index is 512. The minimum Gasteiger partial charge on any atom is -0.309 e. The molecule has 0 N–H and O–H groups in total. The van der Waals surface area contributed by atoms with Crippen molar-refractivity contribution in [3.05, 3.63) is 16.8 Å². The maximum Gasteiger partial charge on any atom is 0.205 e. The van der Waals surface area contributed by atoms with Gasteiger partial charge in [0.1, 0.15) is 0 Å². The van der Waals surface area contributed by atoms with Crippen LogP contribution in [0.5, 0.6) is 0 Å². The van der Waals surface area contributed by atoms with E-state index in [-0.39, 0.29) is 0 Å². The van der Waals surface area contributed by atoms with E-state index in [4.69, 9.17) is 0 Å². The molecule has 2 heterocycles. The highest BCUT2D eigenvalue weighted by Crippen LogP contribution is 2.47. The number of thiophene rings is 1. The third-order valence-corrected chi connectivity index (χ3v) is 4.00. The second-order valence-electron chi connectivity index (χ2n) is 5.39. The fraction of sp³-hybridized carbons (Fsp3) is 0.583. The van der Waals surface area contributed by atoms with Crippen molar-refractivity contribution < 1.29 is 0 Å². The van der Waals surface area contributed by atoms with Crippen molar-refractivity contribution in [2.45, 2.75) is 19.4 Å². The van der Waals surface area contributed by atoms with Crippen molar-refractivity contribution >= 4 is 11.3 Å². The second kappa shape index (κ2) is 4.44. The standard InChI is InChI=1S/C12H17N5S/c1-16(2)8-12(4-5-12)9-17-14-11(13-15-17)10-3-6-18-7-10/h3,6-7H,4-5,8-9H2,1-2H3. The maximum absolute atomic E-state index is 4.47. The van der Waals surface area contributed by atoms with Crippen molar-refractivity contribution in [3.63, 3.8) is 0 Å². The molecule has 18 heavy (non-hydrogen) atoms. The summed E-state index contributed by atoms with van der Waals surface area (Å²) in [6, 6.07) is 2.03. The number of nitrogens with zero attached hydrogens (tertiary/aromatic N) is 5. The van der Waals surface area contributed by atoms with E-state index in [1.165, 1.54) is 12.8 Å². The molecule has 1 aliphatic carbocycles. The van der Waals surface area contributed by atoms with Crippen LogP contribution >= 0.6 is 11.3 Å². The number of tetrazole rings is 1. The Morgan fingerprint density at radius 1 is 1.44 bits per heavy atom. The van der Waals surface area contributed by atoms with E-state index in [1.807, 2.05) is 16.8 Å². The van der Waals surface area contributed by atoms with Crippen molar-refractivity contribution in [1.82, 2.24) is 25.1 Å². The molecule has 1 fully saturated rings. The lowest BCUT2D eigenvalue weighted by Crippen LogP contribution is -2.27. The zero-order chi connectivity index (χ0) is 12.6. The smallest absolute Gasteiger partial charge is 0.205 e. The molecule has 2 aromatic heterocycles. The van der Waals surface area contributed by atoms with Gasteiger partial charge < -0.3 is 4.90 Å². The first-order valence-corrected chi connectivity index (χ1v) is 7.06. The lowest BCUT2D eigenvalue weighted by Gasteiger charge is -2.18. The summed E-state index contributed by atoms with van der Waals surface area (Å²) in [6.45, 7) is 1.98. The fourth-order valence-electron chi connectivity index (χ4n) is 2.33. The van der Waals surface area contributed by atoms with Crippen LogP contribution in [0.3, 0.4) is 0 Å². The Balaban J connectivity index is 1.71. The van der Waals surface area contributed by atoms with Crippen molar-refractivity contribution in [1.29, 1.82) is 0 Å². The molecule has 1 aliphatic rings. The van der Waals surface area contributed by atoms with E-state index in [0.29, 0.717) is 5.41 Å². The molecule has 0 atom stereocenters. The highest BCUT2D eigenvalue weighted by atomic mass is 32.1. The van der Waals surface area contributed by atoms with Crippen LogP contribution in [0.25, 0.3) is 11.4 Å². The Kier molecular flexibility index (Phi) is 2.91. The van der Waals surface area contributed by atoms with Gasteiger partial charge in [0.15, 0.2) is 0 Å². The molecule has 0 amide bonds. The summed E-state index contributed by atoms with van der Waals surface area (Å²) in [4.78, 5) is 3.99. The molecule has 0 saturated heterocycles. The number of hydrogen-bond acceptors (Lipinski definition) is 5. The van der Waals surface area contributed by atoms with Crippen molar-refractivity contribution in [2.75, 3.05) is 20.6 Å². The van der Waals surface area contributed by atoms with Gasteiger partial charge >= 0.3 is 0 Å². The summed E-state index contributed by atoms with van der Waals surface area (Å²) < 4.78 is 0. The summed E-state index contributed by atoms with van der Waals surface area (Å²) in [6.07, 6.45) is 2.53. The molecule has 2 aromatic rings. The van der Waals surface area contributed by atoms with Crippen LogP contribution in [-0.2, 0) is 6.54 Å². The van der Waals surface area contributed by atoms with Gasteiger partial charge in [-0.05, 0) is 43.6 Å². The lowest BCUT2D eigenvalue weighted by molar-refractivity contribution is 0.261. The summed E-state index contributed by atoms with van der Waals surface area (Å²) in [5, 5.41) is 16.8. The van der Waals surface area contributed by atoms with Gasteiger partial charge in [0.05, 0.1) is 6.54 Å². The molecular weight excluding hydrogens is 246 g/mol. The van der Waals surface area contributed by atoms with Crippen molar-refractivity contribution in [2.24, 2.45) is 5.41 Å². The van der Waals surface area contributed by atoms with Gasteiger partial charge in [-0.15, -0.1) is 10.2 Å². The summed E-state index contributed by atoms with van der Waals surface area (Å²) in [5.41, 5.74) is 1.43. The first kappa shape index (κ1) is 11.8. The van der Waals surface area contributed by atoms with E-state index in [1.54, 1.807) is 16.1 Å². The molecule has 0 unspecified atom stereocenters. The predicted molar refractivity (Wildman–Crippen MR) is 71.4 cm³/mol. The van der Waals surface area contributed by atoms with E-state index >= 15 is 0 Å². The molecule has 0 radical (unpaired) electrons. The van der Waals surface area contributed by atoms with Gasteiger partial charge in [-0.25, -0.2) is 0 Å². The minimum atomic E-state index is 0.371. The van der Waals surface area contributed by atoms with Crippen LogP contribution in [0.15, 0.2) is 16.8 Å². The highest BCUT2D eigenvalue weighted by Gasteiger charge is 2.44. The molecule has 0 spiro atoms. The fourth-order valence-corrected chi connectivity index (χ4v) is 2.97. The van der Waals surface area contributed by atoms with Gasteiger partial charge in [-0.2, -0.15) is 16.1 Å². The molecule has 96 valence electrons. The SMILES string of the molecule is CN(C)CC1(Cn2nnc(-c3ccsc3)n2)CC1. The zero-order valence-corrected chi connectivity index (χ0v) is 11.5. The Labute approximate surface area is 110 Å². The maximum atomic E-state index is 4.47. The van der Waals surface area contributed by atoms with Crippen LogP contribution in [0.4, 0.5) is 0 Å². The van der Waals surface area contributed by atoms with Crippen LogP contribution in [-0.4, -0.2) is 45.7 Å². The summed E-state index contributed by atoms with van der Waals surface area (Å²) >= 11 is 1.65. The van der Waals surface area contributed by atoms with E-state index < -0.39 is 0 Å². The third kappa shape index (κ3) is 2.44. The molecule has 1 saturated carbocycles. The lowest BCUT2D eigenvalue weighted by atomic mass is 10.1. The first-order chi connectivity index (χ1) is 8.67. The Morgan fingerprint density at radius 2 is 2.28 bits per heavy atom. The molecule has 0 aromatic carbocycles. The molecule has 6 heteroatoms. The molecular formula is C12H17N5S. The normalized spacial score (nSPS) is 17.3. The topological polar surface area (TPSA) is 46.8 Å². The van der Waals surface area contributed by atoms with E-state index in [9.17, 15) is 0 Å². The third-order valence-electron chi connectivity index (χ3n) is 3.32. The predicted octanol–water partition coefficient (Wildman–Crippen LogP) is 1.74. The average Bonchev–Trinajstić information content (AvgIpc) is 2.78. The van der Waals surface area contributed by atoms with Crippen LogP contribution in [0.2, 0.25) is 0 Å². The molecule has 5 nitrogen and oxygen atoms in total. The minimum absolute atomic E-state index is 0.371. The summed E-state index contributed by atoms with van der Waals surface area (Å²) in [7, 11) is 4.23. The highest BCUT2D eigenvalue weighted by molar-refractivity contribution is 7.08. The molecule has 0 aliphatic heterocycles. The van der Waals surface area contributed by atoms with Gasteiger partial charge in [0, 0.05) is 22.9 Å². The van der Waals surface area contributed by atoms with Crippen molar-refractivity contribution in [3.8, 4) is 11.4 Å². The quantitative estimate of drug-likeness (QED) is 0.824. The largest absolute Gasteiger partial charge is 0.309 e. The number of rotatable bonds is 5. The summed E-state index contributed by atoms with van der Waals surface area (Å²) in [5.74, 6) is 0.733. The van der Waals surface area contributed by atoms with Gasteiger partial charge in [-0.3, -0.25) is 0 Å². The Morgan fingerprint density at radius 3 is 2.89 bits per heavy atom. The number of aromatic nitrogens is 4. The van der Waals surface area contributed by atoms with Gasteiger partial charge in [0.2, 0.25) is 5.82 Å². The monoisotopic (exact) mass is 263 g/mol. The van der Waals surface area contributed by atoms with Gasteiger partial charge in [0.25, 0.3) is 0 Å². The first-order valence-electron chi connectivity index (χ1n) is 6.12. The Hall–Kier alpha value is -1.27. The second-order valence-corrected chi connectivity index (χ2v) is 6.17. The van der Waals surface area contributed by atoms with Gasteiger partial charge in [-0.1, -0.05) is 0 Å². The van der Waals surface area contributed by atoms with Crippen LogP contribution < -0.4 is 0 Å². The average molecular weight is 263 g/mol. The molecule has 0 bridgehead atoms. The molecule has 3 rings (SSSR count). The van der Waals surface area contributed by atoms with E-state index in [2.05, 4.69) is 34.4 Å². The number of hydrogen-bond donors (Lipinski definition) is 0. The van der Waals surface area contributed by atoms with Crippen LogP contribution in [0.1, 0.15) is 12.8 Å². The zero-order valence-electron chi connectivity index (χ0n) is 10.7.